The molecule has 1 unspecified atom stereocenters. The maximum Gasteiger partial charge on any atom is 0.412 e. The molecule has 19 heavy (non-hydrogen) atoms. The van der Waals surface area contributed by atoms with Crippen LogP contribution in [0.5, 0.6) is 0 Å². The summed E-state index contributed by atoms with van der Waals surface area (Å²) < 4.78 is 37.5. The zero-order valence-electron chi connectivity index (χ0n) is 11.9. The predicted octanol–water partition coefficient (Wildman–Crippen LogP) is 3.35. The third-order valence-electron chi connectivity index (χ3n) is 3.63. The molecule has 0 fully saturated rings. The van der Waals surface area contributed by atoms with Crippen LogP contribution in [0.1, 0.15) is 39.5 Å². The van der Waals surface area contributed by atoms with Crippen LogP contribution in [0.25, 0.3) is 0 Å². The van der Waals surface area contributed by atoms with Crippen LogP contribution in [-0.2, 0) is 0 Å². The molecule has 1 aliphatic heterocycles. The molecule has 1 atom stereocenters. The Labute approximate surface area is 114 Å². The minimum atomic E-state index is -4.14. The van der Waals surface area contributed by atoms with E-state index in [2.05, 4.69) is 24.1 Å². The van der Waals surface area contributed by atoms with Crippen molar-refractivity contribution in [3.8, 4) is 0 Å². The lowest BCUT2D eigenvalue weighted by Gasteiger charge is -2.32. The molecule has 1 heterocycles. The summed E-state index contributed by atoms with van der Waals surface area (Å²) in [5.41, 5.74) is -0.361. The topological polar surface area (TPSA) is 15.3 Å². The van der Waals surface area contributed by atoms with Gasteiger partial charge in [-0.25, -0.2) is 0 Å². The highest BCUT2D eigenvalue weighted by atomic mass is 19.4. The smallest absolute Gasteiger partial charge is 0.317 e. The molecular weight excluding hydrogens is 253 g/mol. The van der Waals surface area contributed by atoms with Gasteiger partial charge < -0.3 is 5.32 Å². The van der Waals surface area contributed by atoms with Crippen molar-refractivity contribution in [2.75, 3.05) is 26.2 Å². The predicted molar refractivity (Wildman–Crippen MR) is 72.2 cm³/mol. The highest BCUT2D eigenvalue weighted by molar-refractivity contribution is 5.13. The molecule has 1 aliphatic rings. The third kappa shape index (κ3) is 5.95. The van der Waals surface area contributed by atoms with Crippen LogP contribution in [0, 0.1) is 0 Å². The molecule has 0 radical (unpaired) electrons. The molecule has 1 rings (SSSR count). The van der Waals surface area contributed by atoms with E-state index in [9.17, 15) is 13.2 Å². The summed E-state index contributed by atoms with van der Waals surface area (Å²) in [6.45, 7) is 7.22. The molecule has 0 aliphatic carbocycles. The monoisotopic (exact) mass is 278 g/mol. The fraction of sp³-hybridized carbons (Fsp3) is 0.857. The average molecular weight is 278 g/mol. The van der Waals surface area contributed by atoms with Gasteiger partial charge in [0, 0.05) is 24.7 Å². The average Bonchev–Trinajstić information content (AvgIpc) is 2.37. The minimum Gasteiger partial charge on any atom is -0.317 e. The molecule has 0 aromatic carbocycles. The summed E-state index contributed by atoms with van der Waals surface area (Å²) in [7, 11) is 0. The van der Waals surface area contributed by atoms with E-state index in [0.29, 0.717) is 19.1 Å². The van der Waals surface area contributed by atoms with Gasteiger partial charge in [-0.1, -0.05) is 13.0 Å². The van der Waals surface area contributed by atoms with E-state index in [-0.39, 0.29) is 12.0 Å². The van der Waals surface area contributed by atoms with Crippen molar-refractivity contribution in [2.45, 2.75) is 51.7 Å². The molecule has 0 aromatic heterocycles. The Hall–Kier alpha value is -0.550. The number of hydrogen-bond acceptors (Lipinski definition) is 2. The lowest BCUT2D eigenvalue weighted by molar-refractivity contribution is -0.0963. The molecule has 0 bridgehead atoms. The Morgan fingerprint density at radius 3 is 2.63 bits per heavy atom. The van der Waals surface area contributed by atoms with Gasteiger partial charge in [-0.2, -0.15) is 13.2 Å². The first-order valence-corrected chi connectivity index (χ1v) is 7.16. The number of alkyl halides is 3. The normalized spacial score (nSPS) is 19.3. The minimum absolute atomic E-state index is 0.127. The first-order chi connectivity index (χ1) is 8.95. The second-order valence-electron chi connectivity index (χ2n) is 5.21. The van der Waals surface area contributed by atoms with E-state index in [1.165, 1.54) is 6.08 Å². The zero-order chi connectivity index (χ0) is 14.3. The van der Waals surface area contributed by atoms with E-state index >= 15 is 0 Å². The van der Waals surface area contributed by atoms with Crippen LogP contribution in [0.2, 0.25) is 0 Å². The van der Waals surface area contributed by atoms with Gasteiger partial charge in [0.05, 0.1) is 0 Å². The number of nitrogens with one attached hydrogen (secondary N) is 1. The van der Waals surface area contributed by atoms with Gasteiger partial charge in [-0.3, -0.25) is 4.90 Å². The van der Waals surface area contributed by atoms with Crippen molar-refractivity contribution in [3.63, 3.8) is 0 Å². The molecule has 5 heteroatoms. The number of rotatable bonds is 7. The van der Waals surface area contributed by atoms with Crippen molar-refractivity contribution in [2.24, 2.45) is 0 Å². The van der Waals surface area contributed by atoms with Gasteiger partial charge in [0.1, 0.15) is 0 Å². The van der Waals surface area contributed by atoms with Crippen molar-refractivity contribution >= 4 is 0 Å². The summed E-state index contributed by atoms with van der Waals surface area (Å²) in [6, 6.07) is 0.356. The summed E-state index contributed by atoms with van der Waals surface area (Å²) in [6.07, 6.45) is 0.572. The molecule has 0 spiro atoms. The summed E-state index contributed by atoms with van der Waals surface area (Å²) >= 11 is 0. The lowest BCUT2D eigenvalue weighted by atomic mass is 10.0. The Morgan fingerprint density at radius 2 is 2.11 bits per heavy atom. The van der Waals surface area contributed by atoms with Gasteiger partial charge in [0.15, 0.2) is 0 Å². The van der Waals surface area contributed by atoms with Gasteiger partial charge in [-0.15, -0.1) is 0 Å². The lowest BCUT2D eigenvalue weighted by Crippen LogP contribution is -2.38. The maximum atomic E-state index is 12.5. The van der Waals surface area contributed by atoms with Crippen LogP contribution in [0.3, 0.4) is 0 Å². The van der Waals surface area contributed by atoms with Gasteiger partial charge >= 0.3 is 6.18 Å². The van der Waals surface area contributed by atoms with Gasteiger partial charge in [0.2, 0.25) is 0 Å². The maximum absolute atomic E-state index is 12.5. The standard InChI is InChI=1S/C14H25F3N2/c1-3-8-18-9-4-5-12(2)19-10-6-13(7-11-19)14(15,16)17/h6,12,18H,3-5,7-11H2,1-2H3. The van der Waals surface area contributed by atoms with E-state index in [0.717, 1.165) is 32.4 Å². The molecule has 2 nitrogen and oxygen atoms in total. The van der Waals surface area contributed by atoms with Crippen LogP contribution in [0.15, 0.2) is 11.6 Å². The number of halogens is 3. The molecule has 1 N–H and O–H groups in total. The molecule has 0 amide bonds. The molecule has 0 aromatic rings. The Bertz CT molecular complexity index is 287. The summed E-state index contributed by atoms with van der Waals surface area (Å²) in [4.78, 5) is 2.13. The van der Waals surface area contributed by atoms with E-state index in [1.807, 2.05) is 0 Å². The first kappa shape index (κ1) is 16.5. The quantitative estimate of drug-likeness (QED) is 0.567. The Kier molecular flexibility index (Phi) is 6.86. The number of nitrogens with zero attached hydrogens (tertiary/aromatic N) is 1. The largest absolute Gasteiger partial charge is 0.412 e. The van der Waals surface area contributed by atoms with Crippen LogP contribution >= 0.6 is 0 Å². The van der Waals surface area contributed by atoms with Gasteiger partial charge in [0.25, 0.3) is 0 Å². The molecule has 0 saturated carbocycles. The fourth-order valence-electron chi connectivity index (χ4n) is 2.35. The highest BCUT2D eigenvalue weighted by Crippen LogP contribution is 2.30. The van der Waals surface area contributed by atoms with E-state index in [4.69, 9.17) is 0 Å². The Balaban J connectivity index is 2.25. The van der Waals surface area contributed by atoms with Crippen LogP contribution < -0.4 is 5.32 Å². The third-order valence-corrected chi connectivity index (χ3v) is 3.63. The van der Waals surface area contributed by atoms with Gasteiger partial charge in [-0.05, 0) is 45.7 Å². The number of hydrogen-bond donors (Lipinski definition) is 1. The SMILES string of the molecule is CCCNCCCC(C)N1CC=C(C(F)(F)F)CC1. The summed E-state index contributed by atoms with van der Waals surface area (Å²) in [5, 5.41) is 3.34. The second kappa shape index (κ2) is 7.90. The van der Waals surface area contributed by atoms with Crippen LogP contribution in [0.4, 0.5) is 13.2 Å². The van der Waals surface area contributed by atoms with Crippen molar-refractivity contribution in [3.05, 3.63) is 11.6 Å². The zero-order valence-corrected chi connectivity index (χ0v) is 11.9. The van der Waals surface area contributed by atoms with E-state index in [1.54, 1.807) is 0 Å². The fourth-order valence-corrected chi connectivity index (χ4v) is 2.35. The molecule has 0 saturated heterocycles. The van der Waals surface area contributed by atoms with Crippen LogP contribution in [-0.4, -0.2) is 43.3 Å². The second-order valence-corrected chi connectivity index (χ2v) is 5.21. The highest BCUT2D eigenvalue weighted by Gasteiger charge is 2.35. The first-order valence-electron chi connectivity index (χ1n) is 7.16. The molecular formula is C14H25F3N2. The molecule has 112 valence electrons. The van der Waals surface area contributed by atoms with Crippen molar-refractivity contribution < 1.29 is 13.2 Å². The van der Waals surface area contributed by atoms with E-state index < -0.39 is 6.18 Å². The van der Waals surface area contributed by atoms with Crippen molar-refractivity contribution in [1.29, 1.82) is 0 Å². The summed E-state index contributed by atoms with van der Waals surface area (Å²) in [5.74, 6) is 0. The Morgan fingerprint density at radius 1 is 1.37 bits per heavy atom. The van der Waals surface area contributed by atoms with Crippen molar-refractivity contribution in [1.82, 2.24) is 10.2 Å².